The average Bonchev–Trinajstić information content (AvgIpc) is 2.68. The Morgan fingerprint density at radius 2 is 1.32 bits per heavy atom. The van der Waals surface area contributed by atoms with Crippen LogP contribution in [0.5, 0.6) is 0 Å². The molecule has 25 heavy (non-hydrogen) atoms. The van der Waals surface area contributed by atoms with Crippen LogP contribution in [0, 0.1) is 5.92 Å². The second-order valence-corrected chi connectivity index (χ2v) is 6.01. The highest BCUT2D eigenvalue weighted by atomic mass is 16.3. The van der Waals surface area contributed by atoms with Gasteiger partial charge in [0.15, 0.2) is 0 Å². The Bertz CT molecular complexity index is 788. The molecule has 3 nitrogen and oxygen atoms in total. The van der Waals surface area contributed by atoms with Crippen LogP contribution in [0.4, 0.5) is 5.69 Å². The van der Waals surface area contributed by atoms with Crippen molar-refractivity contribution in [3.05, 3.63) is 102 Å². The van der Waals surface area contributed by atoms with E-state index in [0.717, 1.165) is 16.8 Å². The first-order valence-electron chi connectivity index (χ1n) is 8.37. The number of aliphatic hydroxyl groups excluding tert-OH is 1. The highest BCUT2D eigenvalue weighted by molar-refractivity contribution is 5.93. The van der Waals surface area contributed by atoms with Gasteiger partial charge in [0, 0.05) is 5.69 Å². The van der Waals surface area contributed by atoms with Crippen molar-refractivity contribution < 1.29 is 9.90 Å². The van der Waals surface area contributed by atoms with Crippen molar-refractivity contribution >= 4 is 11.6 Å². The van der Waals surface area contributed by atoms with Crippen LogP contribution in [0.2, 0.25) is 0 Å². The zero-order valence-electron chi connectivity index (χ0n) is 13.9. The summed E-state index contributed by atoms with van der Waals surface area (Å²) in [5, 5.41) is 13.7. The van der Waals surface area contributed by atoms with Crippen LogP contribution in [0.3, 0.4) is 0 Å². The van der Waals surface area contributed by atoms with Gasteiger partial charge in [0.2, 0.25) is 5.91 Å². The number of carbonyl (C=O) groups excluding carboxylic acids is 1. The third kappa shape index (κ3) is 4.55. The number of carbonyl (C=O) groups is 1. The van der Waals surface area contributed by atoms with Gasteiger partial charge >= 0.3 is 0 Å². The van der Waals surface area contributed by atoms with Crippen LogP contribution in [0.25, 0.3) is 0 Å². The second kappa shape index (κ2) is 8.27. The molecular weight excluding hydrogens is 310 g/mol. The maximum Gasteiger partial charge on any atom is 0.230 e. The molecule has 0 unspecified atom stereocenters. The van der Waals surface area contributed by atoms with Gasteiger partial charge in [0.1, 0.15) is 0 Å². The lowest BCUT2D eigenvalue weighted by molar-refractivity contribution is -0.123. The van der Waals surface area contributed by atoms with Gasteiger partial charge in [-0.25, -0.2) is 0 Å². The van der Waals surface area contributed by atoms with Gasteiger partial charge in [-0.3, -0.25) is 4.79 Å². The minimum Gasteiger partial charge on any atom is -0.388 e. The van der Waals surface area contributed by atoms with E-state index < -0.39 is 12.0 Å². The van der Waals surface area contributed by atoms with Gasteiger partial charge in [-0.05, 0) is 29.7 Å². The fourth-order valence-electron chi connectivity index (χ4n) is 2.85. The fourth-order valence-corrected chi connectivity index (χ4v) is 2.85. The average molecular weight is 331 g/mol. The number of amides is 1. The van der Waals surface area contributed by atoms with E-state index in [1.54, 1.807) is 0 Å². The first-order valence-corrected chi connectivity index (χ1v) is 8.37. The Morgan fingerprint density at radius 1 is 0.800 bits per heavy atom. The standard InChI is InChI=1S/C22H21NO2/c24-21(18-12-6-2-7-13-18)20(16-17-10-4-1-5-11-17)22(25)23-19-14-8-3-9-15-19/h1-15,20-21,24H,16H2,(H,23,25)/t20-,21+/m1/s1. The Kier molecular flexibility index (Phi) is 5.60. The van der Waals surface area contributed by atoms with Crippen LogP contribution in [-0.4, -0.2) is 11.0 Å². The lowest BCUT2D eigenvalue weighted by Crippen LogP contribution is -2.30. The third-order valence-electron chi connectivity index (χ3n) is 4.20. The number of para-hydroxylation sites is 1. The first-order chi connectivity index (χ1) is 12.2. The number of benzene rings is 3. The normalized spacial score (nSPS) is 13.0. The predicted molar refractivity (Wildman–Crippen MR) is 100 cm³/mol. The molecule has 0 spiro atoms. The molecule has 0 aliphatic carbocycles. The van der Waals surface area contributed by atoms with Crippen molar-refractivity contribution in [2.45, 2.75) is 12.5 Å². The number of nitrogens with one attached hydrogen (secondary N) is 1. The van der Waals surface area contributed by atoms with Gasteiger partial charge < -0.3 is 10.4 Å². The SMILES string of the molecule is O=C(Nc1ccccc1)[C@H](Cc1ccccc1)[C@@H](O)c1ccccc1. The summed E-state index contributed by atoms with van der Waals surface area (Å²) in [7, 11) is 0. The number of hydrogen-bond acceptors (Lipinski definition) is 2. The third-order valence-corrected chi connectivity index (χ3v) is 4.20. The summed E-state index contributed by atoms with van der Waals surface area (Å²) in [4.78, 5) is 12.9. The summed E-state index contributed by atoms with van der Waals surface area (Å²) in [6.07, 6.45) is -0.402. The molecule has 0 heterocycles. The molecule has 0 bridgehead atoms. The van der Waals surface area contributed by atoms with Crippen LogP contribution in [0.15, 0.2) is 91.0 Å². The van der Waals surface area contributed by atoms with E-state index in [1.807, 2.05) is 91.0 Å². The van der Waals surface area contributed by atoms with E-state index in [-0.39, 0.29) is 5.91 Å². The summed E-state index contributed by atoms with van der Waals surface area (Å²) >= 11 is 0. The van der Waals surface area contributed by atoms with Crippen molar-refractivity contribution in [1.29, 1.82) is 0 Å². The van der Waals surface area contributed by atoms with Crippen LogP contribution < -0.4 is 5.32 Å². The predicted octanol–water partition coefficient (Wildman–Crippen LogP) is 4.22. The molecule has 126 valence electrons. The highest BCUT2D eigenvalue weighted by Gasteiger charge is 2.28. The summed E-state index contributed by atoms with van der Waals surface area (Å²) in [6.45, 7) is 0. The Balaban J connectivity index is 1.84. The Morgan fingerprint density at radius 3 is 1.92 bits per heavy atom. The van der Waals surface area contributed by atoms with E-state index in [4.69, 9.17) is 0 Å². The van der Waals surface area contributed by atoms with Gasteiger partial charge in [-0.1, -0.05) is 78.9 Å². The first kappa shape index (κ1) is 16.9. The lowest BCUT2D eigenvalue weighted by atomic mass is 9.89. The van der Waals surface area contributed by atoms with Crippen molar-refractivity contribution in [2.75, 3.05) is 5.32 Å². The molecule has 0 aliphatic rings. The number of hydrogen-bond donors (Lipinski definition) is 2. The summed E-state index contributed by atoms with van der Waals surface area (Å²) in [5.41, 5.74) is 2.49. The largest absolute Gasteiger partial charge is 0.388 e. The van der Waals surface area contributed by atoms with Gasteiger partial charge in [0.25, 0.3) is 0 Å². The molecule has 1 amide bonds. The summed E-state index contributed by atoms with van der Waals surface area (Å²) in [6, 6.07) is 28.4. The molecule has 3 rings (SSSR count). The Hall–Kier alpha value is -2.91. The summed E-state index contributed by atoms with van der Waals surface area (Å²) < 4.78 is 0. The van der Waals surface area contributed by atoms with E-state index in [1.165, 1.54) is 0 Å². The van der Waals surface area contributed by atoms with Crippen molar-refractivity contribution in [3.63, 3.8) is 0 Å². The minimum absolute atomic E-state index is 0.189. The molecule has 0 radical (unpaired) electrons. The molecule has 0 aliphatic heterocycles. The number of anilines is 1. The van der Waals surface area contributed by atoms with E-state index in [9.17, 15) is 9.90 Å². The molecule has 3 heteroatoms. The van der Waals surface area contributed by atoms with E-state index in [0.29, 0.717) is 6.42 Å². The highest BCUT2D eigenvalue weighted by Crippen LogP contribution is 2.26. The topological polar surface area (TPSA) is 49.3 Å². The van der Waals surface area contributed by atoms with Crippen molar-refractivity contribution in [2.24, 2.45) is 5.92 Å². The van der Waals surface area contributed by atoms with Crippen LogP contribution in [-0.2, 0) is 11.2 Å². The van der Waals surface area contributed by atoms with Crippen LogP contribution >= 0.6 is 0 Å². The van der Waals surface area contributed by atoms with Gasteiger partial charge in [-0.15, -0.1) is 0 Å². The number of aliphatic hydroxyl groups is 1. The molecule has 3 aromatic rings. The molecule has 0 fully saturated rings. The summed E-state index contributed by atoms with van der Waals surface area (Å²) in [5.74, 6) is -0.767. The quantitative estimate of drug-likeness (QED) is 0.710. The zero-order valence-corrected chi connectivity index (χ0v) is 13.9. The molecule has 0 saturated heterocycles. The van der Waals surface area contributed by atoms with Crippen molar-refractivity contribution in [1.82, 2.24) is 0 Å². The molecule has 2 N–H and O–H groups in total. The van der Waals surface area contributed by atoms with Gasteiger partial charge in [0.05, 0.1) is 12.0 Å². The molecule has 2 atom stereocenters. The maximum atomic E-state index is 12.9. The molecule has 3 aromatic carbocycles. The number of rotatable bonds is 6. The van der Waals surface area contributed by atoms with E-state index in [2.05, 4.69) is 5.32 Å². The van der Waals surface area contributed by atoms with Crippen LogP contribution in [0.1, 0.15) is 17.2 Å². The van der Waals surface area contributed by atoms with Crippen molar-refractivity contribution in [3.8, 4) is 0 Å². The van der Waals surface area contributed by atoms with E-state index >= 15 is 0 Å². The molecular formula is C22H21NO2. The lowest BCUT2D eigenvalue weighted by Gasteiger charge is -2.23. The minimum atomic E-state index is -0.870. The fraction of sp³-hybridized carbons (Fsp3) is 0.136. The maximum absolute atomic E-state index is 12.9. The smallest absolute Gasteiger partial charge is 0.230 e. The monoisotopic (exact) mass is 331 g/mol. The van der Waals surface area contributed by atoms with Gasteiger partial charge in [-0.2, -0.15) is 0 Å². The zero-order chi connectivity index (χ0) is 17.5. The molecule has 0 aromatic heterocycles. The second-order valence-electron chi connectivity index (χ2n) is 6.01. The Labute approximate surface area is 148 Å². The molecule has 0 saturated carbocycles.